The molecule has 1 atom stereocenters. The number of piperazine rings is 1. The second-order valence-electron chi connectivity index (χ2n) is 6.36. The highest BCUT2D eigenvalue weighted by Crippen LogP contribution is 2.25. The summed E-state index contributed by atoms with van der Waals surface area (Å²) in [6.07, 6.45) is 2.15. The lowest BCUT2D eigenvalue weighted by molar-refractivity contribution is -0.134. The molecule has 8 nitrogen and oxygen atoms in total. The van der Waals surface area contributed by atoms with Gasteiger partial charge in [-0.1, -0.05) is 43.5 Å². The van der Waals surface area contributed by atoms with Crippen LogP contribution in [0, 0.1) is 0 Å². The van der Waals surface area contributed by atoms with Crippen LogP contribution in [0.25, 0.3) is 0 Å². The van der Waals surface area contributed by atoms with E-state index >= 15 is 0 Å². The number of hydrogen-bond acceptors (Lipinski definition) is 4. The maximum absolute atomic E-state index is 12.8. The molecule has 1 fully saturated rings. The summed E-state index contributed by atoms with van der Waals surface area (Å²) in [7, 11) is -3.72. The van der Waals surface area contributed by atoms with E-state index in [2.05, 4.69) is 5.32 Å². The molecule has 0 aromatic heterocycles. The Balaban J connectivity index is 2.04. The van der Waals surface area contributed by atoms with Gasteiger partial charge in [0.15, 0.2) is 0 Å². The summed E-state index contributed by atoms with van der Waals surface area (Å²) in [5.41, 5.74) is 5.17. The van der Waals surface area contributed by atoms with Crippen molar-refractivity contribution in [3.05, 3.63) is 29.3 Å². The molecule has 1 aliphatic rings. The Bertz CT molecular complexity index is 779. The van der Waals surface area contributed by atoms with Gasteiger partial charge in [-0.15, -0.1) is 0 Å². The minimum atomic E-state index is -3.72. The van der Waals surface area contributed by atoms with Crippen LogP contribution in [0.3, 0.4) is 0 Å². The molecule has 0 saturated carbocycles. The number of nitrogens with zero attached hydrogens (tertiary/aromatic N) is 2. The number of rotatable bonds is 7. The first-order valence-electron chi connectivity index (χ1n) is 8.86. The van der Waals surface area contributed by atoms with Crippen LogP contribution in [0.2, 0.25) is 5.02 Å². The molecule has 1 aliphatic heterocycles. The Morgan fingerprint density at radius 3 is 2.41 bits per heavy atom. The zero-order valence-electron chi connectivity index (χ0n) is 15.2. The van der Waals surface area contributed by atoms with Crippen molar-refractivity contribution in [2.75, 3.05) is 26.2 Å². The Labute approximate surface area is 164 Å². The Morgan fingerprint density at radius 1 is 1.22 bits per heavy atom. The summed E-state index contributed by atoms with van der Waals surface area (Å²) >= 11 is 6.02. The summed E-state index contributed by atoms with van der Waals surface area (Å²) in [5.74, 6) is -0.239. The van der Waals surface area contributed by atoms with Crippen LogP contribution in [0.1, 0.15) is 26.2 Å². The van der Waals surface area contributed by atoms with Crippen molar-refractivity contribution in [2.24, 2.45) is 5.73 Å². The molecule has 3 N–H and O–H groups in total. The van der Waals surface area contributed by atoms with E-state index in [0.29, 0.717) is 6.42 Å². The van der Waals surface area contributed by atoms with Gasteiger partial charge >= 0.3 is 6.03 Å². The quantitative estimate of drug-likeness (QED) is 0.699. The molecule has 27 heavy (non-hydrogen) atoms. The minimum Gasteiger partial charge on any atom is -0.352 e. The van der Waals surface area contributed by atoms with Crippen molar-refractivity contribution in [2.45, 2.75) is 37.1 Å². The van der Waals surface area contributed by atoms with E-state index in [1.54, 1.807) is 17.0 Å². The molecule has 0 bridgehead atoms. The van der Waals surface area contributed by atoms with E-state index in [1.807, 2.05) is 6.92 Å². The predicted octanol–water partition coefficient (Wildman–Crippen LogP) is 1.40. The summed E-state index contributed by atoms with van der Waals surface area (Å²) in [4.78, 5) is 25.5. The first kappa shape index (κ1) is 21.5. The number of nitrogens with one attached hydrogen (secondary N) is 1. The van der Waals surface area contributed by atoms with E-state index in [1.165, 1.54) is 16.4 Å². The van der Waals surface area contributed by atoms with Gasteiger partial charge in [-0.3, -0.25) is 4.79 Å². The molecule has 1 aromatic carbocycles. The van der Waals surface area contributed by atoms with E-state index in [-0.39, 0.29) is 42.0 Å². The third-order valence-electron chi connectivity index (χ3n) is 4.47. The maximum atomic E-state index is 12.8. The zero-order chi connectivity index (χ0) is 20.0. The molecule has 0 spiro atoms. The van der Waals surface area contributed by atoms with Gasteiger partial charge in [-0.25, -0.2) is 13.2 Å². The van der Waals surface area contributed by atoms with Crippen LogP contribution >= 0.6 is 11.6 Å². The highest BCUT2D eigenvalue weighted by molar-refractivity contribution is 7.89. The Hall–Kier alpha value is -1.84. The van der Waals surface area contributed by atoms with Crippen molar-refractivity contribution < 1.29 is 18.0 Å². The molecule has 0 radical (unpaired) electrons. The third-order valence-corrected chi connectivity index (χ3v) is 6.86. The van der Waals surface area contributed by atoms with Gasteiger partial charge < -0.3 is 16.0 Å². The van der Waals surface area contributed by atoms with Gasteiger partial charge in [0.1, 0.15) is 10.9 Å². The van der Waals surface area contributed by atoms with Crippen LogP contribution < -0.4 is 11.1 Å². The lowest BCUT2D eigenvalue weighted by atomic mass is 10.1. The smallest absolute Gasteiger partial charge is 0.312 e. The maximum Gasteiger partial charge on any atom is 0.312 e. The lowest BCUT2D eigenvalue weighted by Gasteiger charge is -2.36. The van der Waals surface area contributed by atoms with E-state index in [0.717, 1.165) is 12.8 Å². The van der Waals surface area contributed by atoms with Crippen molar-refractivity contribution in [3.8, 4) is 0 Å². The first-order chi connectivity index (χ1) is 12.8. The van der Waals surface area contributed by atoms with E-state index in [9.17, 15) is 18.0 Å². The molecular formula is C17H25ClN4O4S. The molecule has 0 aliphatic carbocycles. The number of unbranched alkanes of at least 4 members (excludes halogenated alkanes) is 1. The fourth-order valence-electron chi connectivity index (χ4n) is 3.00. The van der Waals surface area contributed by atoms with Crippen molar-refractivity contribution >= 4 is 33.6 Å². The molecule has 1 unspecified atom stereocenters. The summed E-state index contributed by atoms with van der Waals surface area (Å²) in [5, 5.41) is 2.65. The van der Waals surface area contributed by atoms with Crippen LogP contribution in [-0.4, -0.2) is 61.8 Å². The number of halogens is 1. The van der Waals surface area contributed by atoms with Gasteiger partial charge in [0.2, 0.25) is 15.9 Å². The molecule has 1 saturated heterocycles. The number of primary amides is 1. The van der Waals surface area contributed by atoms with Gasteiger partial charge in [0, 0.05) is 26.2 Å². The highest BCUT2D eigenvalue weighted by atomic mass is 35.5. The average molecular weight is 417 g/mol. The van der Waals surface area contributed by atoms with Crippen LogP contribution in [0.4, 0.5) is 4.79 Å². The number of carbonyl (C=O) groups excluding carboxylic acids is 2. The van der Waals surface area contributed by atoms with Crippen LogP contribution in [-0.2, 0) is 14.8 Å². The topological polar surface area (TPSA) is 113 Å². The number of urea groups is 1. The molecular weight excluding hydrogens is 392 g/mol. The van der Waals surface area contributed by atoms with Crippen molar-refractivity contribution in [1.29, 1.82) is 0 Å². The zero-order valence-corrected chi connectivity index (χ0v) is 16.8. The van der Waals surface area contributed by atoms with Crippen molar-refractivity contribution in [3.63, 3.8) is 0 Å². The molecule has 1 aromatic rings. The van der Waals surface area contributed by atoms with Crippen LogP contribution in [0.15, 0.2) is 29.2 Å². The van der Waals surface area contributed by atoms with Gasteiger partial charge in [0.25, 0.3) is 0 Å². The predicted molar refractivity (Wildman–Crippen MR) is 103 cm³/mol. The molecule has 2 rings (SSSR count). The van der Waals surface area contributed by atoms with Crippen molar-refractivity contribution in [1.82, 2.24) is 14.5 Å². The van der Waals surface area contributed by atoms with Gasteiger partial charge in [-0.05, 0) is 18.6 Å². The number of carbonyl (C=O) groups is 2. The SMILES string of the molecule is CCCCC(NC(N)=O)C(=O)N1CCN(S(=O)(=O)c2ccccc2Cl)CC1. The molecule has 3 amide bonds. The Morgan fingerprint density at radius 2 is 1.85 bits per heavy atom. The number of hydrogen-bond donors (Lipinski definition) is 2. The largest absolute Gasteiger partial charge is 0.352 e. The average Bonchev–Trinajstić information content (AvgIpc) is 2.64. The number of nitrogens with two attached hydrogens (primary N) is 1. The molecule has 10 heteroatoms. The number of sulfonamides is 1. The minimum absolute atomic E-state index is 0.0580. The van der Waals surface area contributed by atoms with E-state index < -0.39 is 22.1 Å². The fraction of sp³-hybridized carbons (Fsp3) is 0.529. The standard InChI is InChI=1S/C17H25ClN4O4S/c1-2-3-7-14(20-17(19)24)16(23)21-9-11-22(12-10-21)27(25,26)15-8-5-4-6-13(15)18/h4-6,8,14H,2-3,7,9-12H2,1H3,(H3,19,20,24). The van der Waals surface area contributed by atoms with Gasteiger partial charge in [-0.2, -0.15) is 4.31 Å². The second kappa shape index (κ2) is 9.38. The highest BCUT2D eigenvalue weighted by Gasteiger charge is 2.33. The summed E-state index contributed by atoms with van der Waals surface area (Å²) in [6, 6.07) is 4.85. The fourth-order valence-corrected chi connectivity index (χ4v) is 4.92. The second-order valence-corrected chi connectivity index (χ2v) is 8.68. The number of amides is 3. The summed E-state index contributed by atoms with van der Waals surface area (Å²) in [6.45, 7) is 2.80. The van der Waals surface area contributed by atoms with Gasteiger partial charge in [0.05, 0.1) is 5.02 Å². The first-order valence-corrected chi connectivity index (χ1v) is 10.7. The third kappa shape index (κ3) is 5.33. The normalized spacial score (nSPS) is 16.7. The Kier molecular flexibility index (Phi) is 7.46. The molecule has 150 valence electrons. The molecule has 1 heterocycles. The lowest BCUT2D eigenvalue weighted by Crippen LogP contribution is -2.56. The van der Waals surface area contributed by atoms with Crippen LogP contribution in [0.5, 0.6) is 0 Å². The number of benzene rings is 1. The summed E-state index contributed by atoms with van der Waals surface area (Å²) < 4.78 is 26.9. The van der Waals surface area contributed by atoms with E-state index in [4.69, 9.17) is 17.3 Å². The monoisotopic (exact) mass is 416 g/mol.